The first kappa shape index (κ1) is 28.3. The summed E-state index contributed by atoms with van der Waals surface area (Å²) in [4.78, 5) is 13.5. The average Bonchev–Trinajstić information content (AvgIpc) is 3.76. The van der Waals surface area contributed by atoms with E-state index < -0.39 is 11.0 Å². The van der Waals surface area contributed by atoms with Crippen LogP contribution in [0.3, 0.4) is 0 Å². The lowest BCUT2D eigenvalue weighted by atomic mass is 9.63. The van der Waals surface area contributed by atoms with Crippen molar-refractivity contribution in [1.82, 2.24) is 29.8 Å². The van der Waals surface area contributed by atoms with Gasteiger partial charge in [0.25, 0.3) is 0 Å². The van der Waals surface area contributed by atoms with Crippen molar-refractivity contribution in [3.8, 4) is 23.5 Å². The summed E-state index contributed by atoms with van der Waals surface area (Å²) in [6, 6.07) is 2.81. The fourth-order valence-corrected chi connectivity index (χ4v) is 8.75. The van der Waals surface area contributed by atoms with Crippen LogP contribution in [0.2, 0.25) is 0 Å². The lowest BCUT2D eigenvalue weighted by Crippen LogP contribution is -2.35. The minimum atomic E-state index is -1.05. The zero-order valence-corrected chi connectivity index (χ0v) is 26.0. The van der Waals surface area contributed by atoms with Crippen molar-refractivity contribution >= 4 is 27.4 Å². The van der Waals surface area contributed by atoms with E-state index >= 15 is 0 Å². The molecular weight excluding hydrogens is 564 g/mol. The Bertz CT molecular complexity index is 1740. The first-order valence-electron chi connectivity index (χ1n) is 15.2. The number of nitrogens with zero attached hydrogens (tertiary/aromatic N) is 7. The fourth-order valence-electron chi connectivity index (χ4n) is 7.58. The second kappa shape index (κ2) is 10.3. The van der Waals surface area contributed by atoms with E-state index in [4.69, 9.17) is 30.1 Å². The van der Waals surface area contributed by atoms with Crippen molar-refractivity contribution in [2.24, 2.45) is 0 Å². The monoisotopic (exact) mass is 602 g/mol. The van der Waals surface area contributed by atoms with E-state index in [0.717, 1.165) is 74.8 Å². The molecule has 0 unspecified atom stereocenters. The van der Waals surface area contributed by atoms with Crippen LogP contribution in [0.25, 0.3) is 22.6 Å². The predicted octanol–water partition coefficient (Wildman–Crippen LogP) is 4.76. The Kier molecular flexibility index (Phi) is 6.76. The van der Waals surface area contributed by atoms with E-state index in [0.29, 0.717) is 45.0 Å². The maximum atomic E-state index is 10.4. The van der Waals surface area contributed by atoms with Gasteiger partial charge in [0.05, 0.1) is 28.8 Å². The van der Waals surface area contributed by atoms with Crippen LogP contribution in [0.4, 0.5) is 5.00 Å². The molecule has 43 heavy (non-hydrogen) atoms. The molecule has 1 spiro atoms. The summed E-state index contributed by atoms with van der Waals surface area (Å²) in [6.07, 6.45) is 9.38. The molecule has 5 heterocycles. The number of hydrogen-bond donors (Lipinski definition) is 2. The van der Waals surface area contributed by atoms with Gasteiger partial charge in [0, 0.05) is 16.5 Å². The van der Waals surface area contributed by atoms with Crippen LogP contribution in [-0.4, -0.2) is 66.8 Å². The third kappa shape index (κ3) is 4.51. The second-order valence-electron chi connectivity index (χ2n) is 13.1. The number of likely N-dealkylation sites (tertiary alicyclic amines) is 1. The van der Waals surface area contributed by atoms with Gasteiger partial charge in [0.15, 0.2) is 22.9 Å². The van der Waals surface area contributed by atoms with Crippen LogP contribution in [0.15, 0.2) is 10.7 Å². The van der Waals surface area contributed by atoms with Crippen LogP contribution in [-0.2, 0) is 18.3 Å². The highest BCUT2D eigenvalue weighted by Crippen LogP contribution is 2.55. The van der Waals surface area contributed by atoms with E-state index in [1.54, 1.807) is 20.0 Å². The topological polar surface area (TPSA) is 152 Å². The third-order valence-electron chi connectivity index (χ3n) is 9.57. The van der Waals surface area contributed by atoms with Crippen molar-refractivity contribution < 1.29 is 14.4 Å². The molecule has 0 bridgehead atoms. The smallest absolute Gasteiger partial charge is 0.228 e. The number of nitrogens with two attached hydrogens (primary N) is 1. The van der Waals surface area contributed by atoms with Gasteiger partial charge in [-0.15, -0.1) is 11.3 Å². The number of fused-ring (bicyclic) bond motifs is 5. The van der Waals surface area contributed by atoms with Crippen LogP contribution < -0.4 is 10.5 Å². The van der Waals surface area contributed by atoms with Gasteiger partial charge in [-0.3, -0.25) is 0 Å². The second-order valence-corrected chi connectivity index (χ2v) is 14.2. The standard InChI is InChI=1S/C31H38N8O3S/c1-17(21-9-7-13-38(21)4)39-28-20(15-34-39)29(41-16-30(2,3)40)36-27(35-28)24-18-8-5-11-31(25(18)42-37-24)12-6-10-22-23(31)19(14-32)26(33)43-22/h15,17,21,40H,5-13,16,33H2,1-4H3/t17-,21-,31-/m0/s1. The predicted molar refractivity (Wildman–Crippen MR) is 163 cm³/mol. The van der Waals surface area contributed by atoms with E-state index in [1.807, 2.05) is 4.68 Å². The van der Waals surface area contributed by atoms with Crippen molar-refractivity contribution in [2.75, 3.05) is 25.9 Å². The number of anilines is 1. The van der Waals surface area contributed by atoms with Crippen molar-refractivity contribution in [3.63, 3.8) is 0 Å². The average molecular weight is 603 g/mol. The highest BCUT2D eigenvalue weighted by Gasteiger charge is 2.49. The first-order valence-corrected chi connectivity index (χ1v) is 16.0. The highest BCUT2D eigenvalue weighted by molar-refractivity contribution is 7.16. The zero-order chi connectivity index (χ0) is 30.1. The lowest BCUT2D eigenvalue weighted by molar-refractivity contribution is 0.0274. The summed E-state index contributed by atoms with van der Waals surface area (Å²) in [5.74, 6) is 1.58. The van der Waals surface area contributed by atoms with Crippen molar-refractivity contribution in [2.45, 2.75) is 95.2 Å². The number of likely N-dealkylation sites (N-methyl/N-ethyl adjacent to an activating group) is 1. The lowest BCUT2D eigenvalue weighted by Gasteiger charge is -2.39. The van der Waals surface area contributed by atoms with E-state index in [1.165, 1.54) is 16.2 Å². The number of nitrogen functional groups attached to an aromatic ring is 1. The molecule has 4 aromatic rings. The molecule has 1 fully saturated rings. The molecule has 0 amide bonds. The van der Waals surface area contributed by atoms with Gasteiger partial charge in [-0.25, -0.2) is 9.67 Å². The quantitative estimate of drug-likeness (QED) is 0.316. The Labute approximate surface area is 254 Å². The molecule has 2 aliphatic carbocycles. The Morgan fingerprint density at radius 1 is 1.28 bits per heavy atom. The Morgan fingerprint density at radius 3 is 2.79 bits per heavy atom. The number of rotatable bonds is 6. The fraction of sp³-hybridized carbons (Fsp3) is 0.581. The maximum absolute atomic E-state index is 10.4. The van der Waals surface area contributed by atoms with Gasteiger partial charge in [-0.1, -0.05) is 5.16 Å². The maximum Gasteiger partial charge on any atom is 0.228 e. The Morgan fingerprint density at radius 2 is 2.07 bits per heavy atom. The van der Waals surface area contributed by atoms with Gasteiger partial charge in [-0.05, 0) is 91.3 Å². The molecule has 0 aromatic carbocycles. The van der Waals surface area contributed by atoms with Gasteiger partial charge in [0.1, 0.15) is 23.1 Å². The minimum Gasteiger partial charge on any atom is -0.474 e. The summed E-state index contributed by atoms with van der Waals surface area (Å²) >= 11 is 1.53. The molecule has 226 valence electrons. The summed E-state index contributed by atoms with van der Waals surface area (Å²) in [6.45, 7) is 6.70. The first-order chi connectivity index (χ1) is 20.6. The molecule has 7 rings (SSSR count). The van der Waals surface area contributed by atoms with Crippen LogP contribution in [0.5, 0.6) is 5.88 Å². The van der Waals surface area contributed by atoms with Gasteiger partial charge < -0.3 is 25.0 Å². The summed E-state index contributed by atoms with van der Waals surface area (Å²) < 4.78 is 14.3. The van der Waals surface area contributed by atoms with E-state index in [-0.39, 0.29) is 12.6 Å². The number of aryl methyl sites for hydroxylation is 1. The number of hydrogen-bond acceptors (Lipinski definition) is 11. The number of thiophene rings is 1. The Hall–Kier alpha value is -3.53. The molecule has 1 saturated heterocycles. The van der Waals surface area contributed by atoms with Crippen LogP contribution in [0.1, 0.15) is 92.7 Å². The molecule has 3 atom stereocenters. The largest absolute Gasteiger partial charge is 0.474 e. The van der Waals surface area contributed by atoms with Crippen molar-refractivity contribution in [1.29, 1.82) is 5.26 Å². The molecule has 1 aliphatic heterocycles. The molecule has 0 radical (unpaired) electrons. The molecule has 4 aromatic heterocycles. The van der Waals surface area contributed by atoms with E-state index in [9.17, 15) is 10.4 Å². The summed E-state index contributed by atoms with van der Waals surface area (Å²) in [5.41, 5.74) is 8.72. The van der Waals surface area contributed by atoms with Crippen LogP contribution in [0, 0.1) is 11.3 Å². The van der Waals surface area contributed by atoms with Gasteiger partial charge in [0.2, 0.25) is 5.88 Å². The molecule has 12 heteroatoms. The highest BCUT2D eigenvalue weighted by atomic mass is 32.1. The summed E-state index contributed by atoms with van der Waals surface area (Å²) in [7, 11) is 2.16. The zero-order valence-electron chi connectivity index (χ0n) is 25.2. The number of aliphatic hydroxyl groups is 1. The van der Waals surface area contributed by atoms with Crippen LogP contribution >= 0.6 is 11.3 Å². The van der Waals surface area contributed by atoms with Gasteiger partial charge in [-0.2, -0.15) is 15.3 Å². The van der Waals surface area contributed by atoms with Gasteiger partial charge >= 0.3 is 0 Å². The third-order valence-corrected chi connectivity index (χ3v) is 10.7. The Balaban J connectivity index is 1.37. The molecule has 11 nitrogen and oxygen atoms in total. The number of ether oxygens (including phenoxy) is 1. The van der Waals surface area contributed by atoms with Crippen molar-refractivity contribution in [3.05, 3.63) is 33.5 Å². The molecule has 3 N–H and O–H groups in total. The number of nitriles is 1. The number of aromatic nitrogens is 5. The SMILES string of the molecule is C[C@@H]([C@@H]1CCCN1C)n1ncc2c(OCC(C)(C)O)nc(-c3noc4c3CCC[C@@]43CCCc4sc(N)c(C#N)c43)nc21. The molecule has 3 aliphatic rings. The minimum absolute atomic E-state index is 0.0595. The molecular formula is C31H38N8O3S. The summed E-state index contributed by atoms with van der Waals surface area (Å²) in [5, 5.41) is 31.1. The molecule has 0 saturated carbocycles. The normalized spacial score (nSPS) is 22.9. The van der Waals surface area contributed by atoms with E-state index in [2.05, 4.69) is 30.1 Å².